The highest BCUT2D eigenvalue weighted by atomic mass is 32.2. The number of nitrogens with one attached hydrogen (secondary N) is 1. The highest BCUT2D eigenvalue weighted by Gasteiger charge is 2.48. The minimum absolute atomic E-state index is 0.0688. The molecule has 3 atom stereocenters. The zero-order valence-electron chi connectivity index (χ0n) is 16.7. The molecular weight excluding hydrogens is 452 g/mol. The van der Waals surface area contributed by atoms with E-state index in [1.807, 2.05) is 24.4 Å². The Morgan fingerprint density at radius 2 is 1.97 bits per heavy atom. The van der Waals surface area contributed by atoms with Gasteiger partial charge < -0.3 is 5.32 Å². The molecule has 1 aromatic carbocycles. The summed E-state index contributed by atoms with van der Waals surface area (Å²) in [6.07, 6.45) is 5.27. The summed E-state index contributed by atoms with van der Waals surface area (Å²) >= 11 is 4.22. The van der Waals surface area contributed by atoms with Crippen molar-refractivity contribution in [1.82, 2.24) is 9.97 Å². The zero-order chi connectivity index (χ0) is 21.5. The lowest BCUT2D eigenvalue weighted by Gasteiger charge is -2.19. The number of aromatic nitrogens is 2. The molecule has 0 radical (unpaired) electrons. The summed E-state index contributed by atoms with van der Waals surface area (Å²) in [6, 6.07) is 5.50. The quantitative estimate of drug-likeness (QED) is 0.433. The van der Waals surface area contributed by atoms with Crippen molar-refractivity contribution in [1.29, 1.82) is 0 Å². The number of fused-ring (bicyclic) bond motifs is 2. The van der Waals surface area contributed by atoms with Crippen molar-refractivity contribution in [2.75, 3.05) is 10.2 Å². The van der Waals surface area contributed by atoms with Gasteiger partial charge >= 0.3 is 0 Å². The molecule has 5 rings (SSSR count). The van der Waals surface area contributed by atoms with Gasteiger partial charge in [-0.1, -0.05) is 24.6 Å². The second-order valence-corrected chi connectivity index (χ2v) is 11.2. The molecule has 3 amide bonds. The Balaban J connectivity index is 1.34. The summed E-state index contributed by atoms with van der Waals surface area (Å²) in [5.74, 6) is -0.597. The lowest BCUT2D eigenvalue weighted by Crippen LogP contribution is -2.30. The topological polar surface area (TPSA) is 92.3 Å². The number of hydrogen-bond acceptors (Lipinski definition) is 8. The number of nitrogens with zero attached hydrogens (tertiary/aromatic N) is 3. The Hall–Kier alpha value is -2.30. The van der Waals surface area contributed by atoms with Crippen LogP contribution in [-0.4, -0.2) is 32.9 Å². The van der Waals surface area contributed by atoms with Gasteiger partial charge in [-0.05, 0) is 38.0 Å². The molecule has 31 heavy (non-hydrogen) atoms. The van der Waals surface area contributed by atoms with Gasteiger partial charge in [0.2, 0.25) is 17.7 Å². The molecule has 2 fully saturated rings. The van der Waals surface area contributed by atoms with E-state index in [2.05, 4.69) is 15.3 Å². The molecule has 3 aromatic rings. The van der Waals surface area contributed by atoms with Crippen molar-refractivity contribution in [3.05, 3.63) is 29.8 Å². The number of anilines is 2. The van der Waals surface area contributed by atoms with E-state index >= 15 is 0 Å². The van der Waals surface area contributed by atoms with Gasteiger partial charge in [0.15, 0.2) is 9.47 Å². The average Bonchev–Trinajstić information content (AvgIpc) is 3.47. The van der Waals surface area contributed by atoms with E-state index in [1.54, 1.807) is 12.3 Å². The number of rotatable bonds is 5. The largest absolute Gasteiger partial charge is 0.301 e. The van der Waals surface area contributed by atoms with Crippen LogP contribution < -0.4 is 10.2 Å². The molecule has 1 N–H and O–H groups in total. The molecule has 3 heterocycles. The standard InChI is InChI=1S/C21H20N4O3S3/c1-11(17(26)24-20-22-8-9-29-20)30-21-23-15-7-6-12(10-16(15)31-21)25-18(27)13-4-2-3-5-14(13)19(25)28/h6-11,13-14H,2-5H2,1H3,(H,22,24,26)/t11-,13-,14+/m1/s1. The number of thioether (sulfide) groups is 1. The van der Waals surface area contributed by atoms with Crippen molar-refractivity contribution in [3.8, 4) is 0 Å². The normalized spacial score (nSPS) is 22.0. The third-order valence-corrected chi connectivity index (χ3v) is 8.66. The van der Waals surface area contributed by atoms with Crippen LogP contribution in [0.5, 0.6) is 0 Å². The Morgan fingerprint density at radius 1 is 1.23 bits per heavy atom. The van der Waals surface area contributed by atoms with Gasteiger partial charge in [0.25, 0.3) is 0 Å². The molecule has 0 unspecified atom stereocenters. The van der Waals surface area contributed by atoms with Gasteiger partial charge in [-0.3, -0.25) is 19.3 Å². The Bertz CT molecular complexity index is 1140. The van der Waals surface area contributed by atoms with E-state index in [4.69, 9.17) is 0 Å². The van der Waals surface area contributed by atoms with Gasteiger partial charge in [0, 0.05) is 11.6 Å². The Kier molecular flexibility index (Phi) is 5.53. The van der Waals surface area contributed by atoms with Crippen LogP contribution >= 0.6 is 34.4 Å². The van der Waals surface area contributed by atoms with E-state index < -0.39 is 0 Å². The molecule has 0 bridgehead atoms. The third-order valence-electron chi connectivity index (χ3n) is 5.76. The van der Waals surface area contributed by atoms with Gasteiger partial charge in [0.1, 0.15) is 0 Å². The molecule has 2 aromatic heterocycles. The molecule has 1 saturated carbocycles. The minimum Gasteiger partial charge on any atom is -0.301 e. The summed E-state index contributed by atoms with van der Waals surface area (Å²) in [7, 11) is 0. The number of thiazole rings is 2. The molecule has 160 valence electrons. The van der Waals surface area contributed by atoms with E-state index in [1.165, 1.54) is 39.3 Å². The third kappa shape index (κ3) is 3.88. The minimum atomic E-state index is -0.339. The summed E-state index contributed by atoms with van der Waals surface area (Å²) in [4.78, 5) is 48.2. The summed E-state index contributed by atoms with van der Waals surface area (Å²) in [5.41, 5.74) is 1.41. The molecule has 0 spiro atoms. The maximum Gasteiger partial charge on any atom is 0.239 e. The van der Waals surface area contributed by atoms with E-state index in [0.29, 0.717) is 10.8 Å². The van der Waals surface area contributed by atoms with Crippen LogP contribution in [0.25, 0.3) is 10.2 Å². The van der Waals surface area contributed by atoms with E-state index in [9.17, 15) is 14.4 Å². The fraction of sp³-hybridized carbons (Fsp3) is 0.381. The van der Waals surface area contributed by atoms with Crippen LogP contribution in [0.1, 0.15) is 32.6 Å². The Morgan fingerprint density at radius 3 is 2.65 bits per heavy atom. The van der Waals surface area contributed by atoms with Gasteiger partial charge in [-0.2, -0.15) is 0 Å². The van der Waals surface area contributed by atoms with Crippen molar-refractivity contribution in [3.63, 3.8) is 0 Å². The number of amides is 3. The van der Waals surface area contributed by atoms with Crippen LogP contribution in [0.4, 0.5) is 10.8 Å². The van der Waals surface area contributed by atoms with E-state index in [0.717, 1.165) is 40.2 Å². The molecule has 7 nitrogen and oxygen atoms in total. The Labute approximate surface area is 191 Å². The van der Waals surface area contributed by atoms with Gasteiger partial charge in [-0.15, -0.1) is 22.7 Å². The number of imide groups is 1. The van der Waals surface area contributed by atoms with Crippen LogP contribution in [0.2, 0.25) is 0 Å². The first-order valence-corrected chi connectivity index (χ1v) is 12.7. The first-order chi connectivity index (χ1) is 15.0. The lowest BCUT2D eigenvalue weighted by atomic mass is 9.81. The molecule has 1 aliphatic carbocycles. The van der Waals surface area contributed by atoms with Crippen molar-refractivity contribution < 1.29 is 14.4 Å². The fourth-order valence-electron chi connectivity index (χ4n) is 4.20. The predicted octanol–water partition coefficient (Wildman–Crippen LogP) is 4.55. The number of hydrogen-bond donors (Lipinski definition) is 1. The lowest BCUT2D eigenvalue weighted by molar-refractivity contribution is -0.122. The highest BCUT2D eigenvalue weighted by Crippen LogP contribution is 2.41. The smallest absolute Gasteiger partial charge is 0.239 e. The van der Waals surface area contributed by atoms with Crippen LogP contribution in [0, 0.1) is 11.8 Å². The average molecular weight is 473 g/mol. The maximum atomic E-state index is 12.9. The van der Waals surface area contributed by atoms with Gasteiger partial charge in [0.05, 0.1) is 33.0 Å². The number of carbonyl (C=O) groups excluding carboxylic acids is 3. The molecule has 2 aliphatic rings. The second kappa shape index (κ2) is 8.33. The maximum absolute atomic E-state index is 12.9. The van der Waals surface area contributed by atoms with E-state index in [-0.39, 0.29) is 34.8 Å². The summed E-state index contributed by atoms with van der Waals surface area (Å²) in [5, 5.41) is 4.84. The van der Waals surface area contributed by atoms with Crippen LogP contribution in [-0.2, 0) is 14.4 Å². The second-order valence-electron chi connectivity index (χ2n) is 7.73. The van der Waals surface area contributed by atoms with Crippen LogP contribution in [0.15, 0.2) is 34.1 Å². The van der Waals surface area contributed by atoms with Gasteiger partial charge in [-0.25, -0.2) is 9.97 Å². The van der Waals surface area contributed by atoms with Crippen LogP contribution in [0.3, 0.4) is 0 Å². The molecule has 10 heteroatoms. The first kappa shape index (κ1) is 20.6. The molecular formula is C21H20N4O3S3. The van der Waals surface area contributed by atoms with Crippen molar-refractivity contribution in [2.45, 2.75) is 42.2 Å². The molecule has 1 aliphatic heterocycles. The molecule has 1 saturated heterocycles. The number of carbonyl (C=O) groups is 3. The predicted molar refractivity (Wildman–Crippen MR) is 124 cm³/mol. The summed E-state index contributed by atoms with van der Waals surface area (Å²) in [6.45, 7) is 1.83. The highest BCUT2D eigenvalue weighted by molar-refractivity contribution is 8.02. The van der Waals surface area contributed by atoms with Crippen molar-refractivity contribution >= 4 is 73.2 Å². The van der Waals surface area contributed by atoms with Crippen molar-refractivity contribution in [2.24, 2.45) is 11.8 Å². The SMILES string of the molecule is C[C@@H](Sc1nc2ccc(N3C(=O)[C@H]4CCCC[C@H]4C3=O)cc2s1)C(=O)Nc1nccs1. The summed E-state index contributed by atoms with van der Waals surface area (Å²) < 4.78 is 1.66. The zero-order valence-corrected chi connectivity index (χ0v) is 19.2. The fourth-order valence-corrected chi connectivity index (χ4v) is 6.97. The number of benzene rings is 1. The monoisotopic (exact) mass is 472 g/mol. The first-order valence-electron chi connectivity index (χ1n) is 10.2.